The van der Waals surface area contributed by atoms with E-state index in [9.17, 15) is 9.59 Å². The molecule has 1 N–H and O–H groups in total. The Hall–Kier alpha value is -2.18. The number of hydrogen-bond acceptors (Lipinski definition) is 4. The molecule has 1 aliphatic rings. The Kier molecular flexibility index (Phi) is 6.52. The molecule has 0 unspecified atom stereocenters. The van der Waals surface area contributed by atoms with Crippen molar-refractivity contribution in [3.05, 3.63) is 47.3 Å². The number of rotatable bonds is 7. The van der Waals surface area contributed by atoms with Gasteiger partial charge in [0.25, 0.3) is 0 Å². The number of benzene rings is 1. The molecule has 2 aromatic rings. The molecule has 0 aliphatic carbocycles. The normalized spacial score (nSPS) is 19.2. The Morgan fingerprint density at radius 2 is 2.04 bits per heavy atom. The second-order valence-corrected chi connectivity index (χ2v) is 8.67. The molecule has 1 aromatic heterocycles. The number of nitrogens with one attached hydrogen (secondary N) is 1. The Labute approximate surface area is 170 Å². The highest BCUT2D eigenvalue weighted by Gasteiger charge is 2.46. The molecule has 1 aromatic carbocycles. The summed E-state index contributed by atoms with van der Waals surface area (Å²) in [6.07, 6.45) is 1.26. The second-order valence-electron chi connectivity index (χ2n) is 7.72. The Morgan fingerprint density at radius 1 is 1.25 bits per heavy atom. The average Bonchev–Trinajstić information content (AvgIpc) is 3.33. The van der Waals surface area contributed by atoms with E-state index in [2.05, 4.69) is 28.9 Å². The lowest BCUT2D eigenvalue weighted by Crippen LogP contribution is -2.47. The van der Waals surface area contributed by atoms with Crippen LogP contribution in [0.1, 0.15) is 25.8 Å². The molecule has 1 aliphatic heterocycles. The van der Waals surface area contributed by atoms with Crippen molar-refractivity contribution >= 4 is 23.2 Å². The highest BCUT2D eigenvalue weighted by atomic mass is 32.1. The number of methoxy groups -OCH3 is 1. The van der Waals surface area contributed by atoms with Crippen molar-refractivity contribution in [2.45, 2.75) is 32.7 Å². The summed E-state index contributed by atoms with van der Waals surface area (Å²) < 4.78 is 5.01. The fourth-order valence-corrected chi connectivity index (χ4v) is 4.62. The summed E-state index contributed by atoms with van der Waals surface area (Å²) in [7, 11) is 1.52. The minimum Gasteiger partial charge on any atom is -0.375 e. The Balaban J connectivity index is 1.92. The zero-order valence-electron chi connectivity index (χ0n) is 16.7. The van der Waals surface area contributed by atoms with Crippen LogP contribution in [0.25, 0.3) is 10.4 Å². The van der Waals surface area contributed by atoms with E-state index in [1.807, 2.05) is 32.0 Å². The summed E-state index contributed by atoms with van der Waals surface area (Å²) in [5.41, 5.74) is 1.68. The first kappa shape index (κ1) is 20.6. The minimum atomic E-state index is -0.624. The molecule has 1 fully saturated rings. The highest BCUT2D eigenvalue weighted by Crippen LogP contribution is 2.38. The topological polar surface area (TPSA) is 58.6 Å². The summed E-state index contributed by atoms with van der Waals surface area (Å²) >= 11 is 1.70. The summed E-state index contributed by atoms with van der Waals surface area (Å²) in [6.45, 7) is 4.98. The van der Waals surface area contributed by atoms with Gasteiger partial charge in [0.15, 0.2) is 0 Å². The third-order valence-electron chi connectivity index (χ3n) is 5.21. The van der Waals surface area contributed by atoms with Gasteiger partial charge in [-0.25, -0.2) is 0 Å². The summed E-state index contributed by atoms with van der Waals surface area (Å²) in [6, 6.07) is 12.5. The third-order valence-corrected chi connectivity index (χ3v) is 6.11. The molecule has 6 heteroatoms. The first-order chi connectivity index (χ1) is 13.4. The van der Waals surface area contributed by atoms with Crippen LogP contribution in [0.5, 0.6) is 0 Å². The number of amides is 2. The molecule has 0 spiro atoms. The number of carbonyl (C=O) groups excluding carboxylic acids is 2. The lowest BCUT2D eigenvalue weighted by atomic mass is 9.78. The van der Waals surface area contributed by atoms with E-state index in [4.69, 9.17) is 4.74 Å². The summed E-state index contributed by atoms with van der Waals surface area (Å²) in [5.74, 6) is -0.0375. The van der Waals surface area contributed by atoms with Gasteiger partial charge in [0.05, 0.1) is 5.41 Å². The van der Waals surface area contributed by atoms with Gasteiger partial charge >= 0.3 is 0 Å². The van der Waals surface area contributed by atoms with Gasteiger partial charge in [-0.3, -0.25) is 9.59 Å². The molecule has 1 atom stereocenters. The van der Waals surface area contributed by atoms with E-state index < -0.39 is 5.41 Å². The van der Waals surface area contributed by atoms with Crippen LogP contribution in [0.3, 0.4) is 0 Å². The van der Waals surface area contributed by atoms with E-state index in [1.54, 1.807) is 16.2 Å². The number of hydrogen-bond donors (Lipinski definition) is 1. The molecule has 0 bridgehead atoms. The number of nitrogens with zero attached hydrogens (tertiary/aromatic N) is 1. The molecular formula is C22H28N2O3S. The number of thiophene rings is 1. The second kappa shape index (κ2) is 8.88. The molecule has 2 amide bonds. The monoisotopic (exact) mass is 400 g/mol. The van der Waals surface area contributed by atoms with Gasteiger partial charge in [-0.05, 0) is 49.3 Å². The van der Waals surface area contributed by atoms with E-state index in [-0.39, 0.29) is 24.5 Å². The Morgan fingerprint density at radius 3 is 2.71 bits per heavy atom. The first-order valence-corrected chi connectivity index (χ1v) is 10.5. The van der Waals surface area contributed by atoms with Crippen LogP contribution >= 0.6 is 11.3 Å². The Bertz CT molecular complexity index is 819. The maximum absolute atomic E-state index is 13.2. The molecule has 0 saturated carbocycles. The molecule has 5 nitrogen and oxygen atoms in total. The quantitative estimate of drug-likeness (QED) is 0.775. The standard InChI is InChI=1S/C22H28N2O3S/c1-16(2)23-21(26)22(10-11-24(15-22)20(25)14-27-3)13-17-7-4-5-8-18(17)19-9-6-12-28-19/h4-9,12,16H,10-11,13-15H2,1-3H3,(H,23,26)/t22-/m0/s1. The van der Waals surface area contributed by atoms with Crippen LogP contribution in [-0.2, 0) is 20.7 Å². The van der Waals surface area contributed by atoms with Crippen LogP contribution < -0.4 is 5.32 Å². The lowest BCUT2D eigenvalue weighted by molar-refractivity contribution is -0.136. The van der Waals surface area contributed by atoms with Gasteiger partial charge in [0, 0.05) is 31.1 Å². The average molecular weight is 401 g/mol. The van der Waals surface area contributed by atoms with Crippen molar-refractivity contribution in [3.63, 3.8) is 0 Å². The zero-order valence-corrected chi connectivity index (χ0v) is 17.6. The van der Waals surface area contributed by atoms with Gasteiger partial charge in [-0.1, -0.05) is 30.3 Å². The minimum absolute atomic E-state index is 0.0243. The molecule has 3 rings (SSSR count). The van der Waals surface area contributed by atoms with E-state index in [0.717, 1.165) is 11.1 Å². The van der Waals surface area contributed by atoms with Crippen LogP contribution in [0, 0.1) is 5.41 Å². The predicted molar refractivity (Wildman–Crippen MR) is 112 cm³/mol. The predicted octanol–water partition coefficient (Wildman–Crippen LogP) is 3.35. The van der Waals surface area contributed by atoms with E-state index >= 15 is 0 Å². The van der Waals surface area contributed by atoms with Crippen molar-refractivity contribution in [1.29, 1.82) is 0 Å². The smallest absolute Gasteiger partial charge is 0.248 e. The molecule has 0 radical (unpaired) electrons. The van der Waals surface area contributed by atoms with E-state index in [1.165, 1.54) is 12.0 Å². The van der Waals surface area contributed by atoms with Gasteiger partial charge in [-0.15, -0.1) is 11.3 Å². The fraction of sp³-hybridized carbons (Fsp3) is 0.455. The molecule has 28 heavy (non-hydrogen) atoms. The third kappa shape index (κ3) is 4.45. The highest BCUT2D eigenvalue weighted by molar-refractivity contribution is 7.13. The van der Waals surface area contributed by atoms with Crippen molar-refractivity contribution < 1.29 is 14.3 Å². The molecular weight excluding hydrogens is 372 g/mol. The SMILES string of the molecule is COCC(=O)N1CC[C@@](Cc2ccccc2-c2cccs2)(C(=O)NC(C)C)C1. The van der Waals surface area contributed by atoms with Crippen molar-refractivity contribution in [3.8, 4) is 10.4 Å². The first-order valence-electron chi connectivity index (χ1n) is 9.64. The van der Waals surface area contributed by atoms with Gasteiger partial charge in [0.1, 0.15) is 6.61 Å². The van der Waals surface area contributed by atoms with Crippen molar-refractivity contribution in [1.82, 2.24) is 10.2 Å². The maximum atomic E-state index is 13.2. The molecule has 2 heterocycles. The van der Waals surface area contributed by atoms with Gasteiger partial charge in [0.2, 0.25) is 11.8 Å². The number of carbonyl (C=O) groups is 2. The van der Waals surface area contributed by atoms with Crippen LogP contribution in [0.2, 0.25) is 0 Å². The van der Waals surface area contributed by atoms with Gasteiger partial charge < -0.3 is 15.0 Å². The van der Waals surface area contributed by atoms with Crippen molar-refractivity contribution in [2.24, 2.45) is 5.41 Å². The summed E-state index contributed by atoms with van der Waals surface area (Å²) in [5, 5.41) is 5.15. The zero-order chi connectivity index (χ0) is 20.1. The fourth-order valence-electron chi connectivity index (χ4n) is 3.84. The van der Waals surface area contributed by atoms with Crippen LogP contribution in [-0.4, -0.2) is 49.6 Å². The molecule has 150 valence electrons. The van der Waals surface area contributed by atoms with E-state index in [0.29, 0.717) is 25.9 Å². The number of likely N-dealkylation sites (tertiary alicyclic amines) is 1. The summed E-state index contributed by atoms with van der Waals surface area (Å²) in [4.78, 5) is 28.5. The number of ether oxygens (including phenoxy) is 1. The largest absolute Gasteiger partial charge is 0.375 e. The van der Waals surface area contributed by atoms with Crippen LogP contribution in [0.4, 0.5) is 0 Å². The lowest BCUT2D eigenvalue weighted by Gasteiger charge is -2.30. The van der Waals surface area contributed by atoms with Gasteiger partial charge in [-0.2, -0.15) is 0 Å². The van der Waals surface area contributed by atoms with Crippen molar-refractivity contribution in [2.75, 3.05) is 26.8 Å². The maximum Gasteiger partial charge on any atom is 0.248 e. The van der Waals surface area contributed by atoms with Crippen LogP contribution in [0.15, 0.2) is 41.8 Å². The molecule has 1 saturated heterocycles.